The number of hydrogen-bond donors (Lipinski definition) is 1. The molecule has 0 fully saturated rings. The van der Waals surface area contributed by atoms with Crippen molar-refractivity contribution in [1.82, 2.24) is 5.32 Å². The second kappa shape index (κ2) is 4.77. The third-order valence-electron chi connectivity index (χ3n) is 3.14. The number of nitrogens with one attached hydrogen (secondary N) is 1. The highest BCUT2D eigenvalue weighted by molar-refractivity contribution is 5.84. The Morgan fingerprint density at radius 3 is 2.56 bits per heavy atom. The van der Waals surface area contributed by atoms with Gasteiger partial charge in [0, 0.05) is 23.0 Å². The number of rotatable bonds is 3. The molecule has 18 heavy (non-hydrogen) atoms. The van der Waals surface area contributed by atoms with Crippen LogP contribution in [0, 0.1) is 0 Å². The lowest BCUT2D eigenvalue weighted by molar-refractivity contribution is 0.423. The topological polar surface area (TPSA) is 25.2 Å². The maximum atomic E-state index is 5.77. The molecule has 0 radical (unpaired) electrons. The van der Waals surface area contributed by atoms with Crippen molar-refractivity contribution in [2.24, 2.45) is 0 Å². The molecule has 0 spiro atoms. The zero-order chi connectivity index (χ0) is 13.3. The second-order valence-electron chi connectivity index (χ2n) is 6.24. The first-order valence-electron chi connectivity index (χ1n) is 6.62. The van der Waals surface area contributed by atoms with E-state index in [0.29, 0.717) is 5.92 Å². The first-order valence-corrected chi connectivity index (χ1v) is 6.62. The molecule has 2 aromatic rings. The number of furan rings is 1. The van der Waals surface area contributed by atoms with Gasteiger partial charge in [0.1, 0.15) is 5.58 Å². The molecular weight excluding hydrogens is 222 g/mol. The second-order valence-corrected chi connectivity index (χ2v) is 6.24. The standard InChI is InChI=1S/C16H23NO/c1-11(2)13-7-6-8-14-12(10-18-15(13)14)9-17-16(3,4)5/h6-8,10-11,17H,9H2,1-5H3. The van der Waals surface area contributed by atoms with Crippen LogP contribution in [-0.2, 0) is 6.54 Å². The zero-order valence-electron chi connectivity index (χ0n) is 12.0. The Morgan fingerprint density at radius 2 is 1.94 bits per heavy atom. The molecule has 2 heteroatoms. The van der Waals surface area contributed by atoms with E-state index in [-0.39, 0.29) is 5.54 Å². The number of benzene rings is 1. The molecule has 1 N–H and O–H groups in total. The first-order chi connectivity index (χ1) is 8.38. The highest BCUT2D eigenvalue weighted by Crippen LogP contribution is 2.29. The summed E-state index contributed by atoms with van der Waals surface area (Å²) in [4.78, 5) is 0. The minimum Gasteiger partial charge on any atom is -0.464 e. The third kappa shape index (κ3) is 2.75. The van der Waals surface area contributed by atoms with Gasteiger partial charge in [-0.3, -0.25) is 0 Å². The zero-order valence-corrected chi connectivity index (χ0v) is 12.0. The average molecular weight is 245 g/mol. The molecule has 0 unspecified atom stereocenters. The highest BCUT2D eigenvalue weighted by Gasteiger charge is 2.14. The molecule has 98 valence electrons. The lowest BCUT2D eigenvalue weighted by Crippen LogP contribution is -2.34. The summed E-state index contributed by atoms with van der Waals surface area (Å²) in [5.74, 6) is 0.489. The lowest BCUT2D eigenvalue weighted by atomic mass is 10.00. The molecule has 2 nitrogen and oxygen atoms in total. The summed E-state index contributed by atoms with van der Waals surface area (Å²) in [5.41, 5.74) is 3.69. The Kier molecular flexibility index (Phi) is 3.49. The number of hydrogen-bond acceptors (Lipinski definition) is 2. The van der Waals surface area contributed by atoms with Crippen molar-refractivity contribution in [1.29, 1.82) is 0 Å². The van der Waals surface area contributed by atoms with Gasteiger partial charge in [-0.15, -0.1) is 0 Å². The molecule has 0 saturated carbocycles. The van der Waals surface area contributed by atoms with Crippen molar-refractivity contribution in [3.63, 3.8) is 0 Å². The van der Waals surface area contributed by atoms with Crippen molar-refractivity contribution in [3.05, 3.63) is 35.6 Å². The summed E-state index contributed by atoms with van der Waals surface area (Å²) < 4.78 is 5.77. The minimum absolute atomic E-state index is 0.124. The van der Waals surface area contributed by atoms with E-state index in [1.165, 1.54) is 16.5 Å². The van der Waals surface area contributed by atoms with Crippen LogP contribution < -0.4 is 5.32 Å². The summed E-state index contributed by atoms with van der Waals surface area (Å²) in [6.07, 6.45) is 1.88. The van der Waals surface area contributed by atoms with Gasteiger partial charge in [0.2, 0.25) is 0 Å². The SMILES string of the molecule is CC(C)c1cccc2c(CNC(C)(C)C)coc12. The van der Waals surface area contributed by atoms with Crippen LogP contribution in [0.5, 0.6) is 0 Å². The van der Waals surface area contributed by atoms with Gasteiger partial charge in [0.25, 0.3) is 0 Å². The minimum atomic E-state index is 0.124. The fraction of sp³-hybridized carbons (Fsp3) is 0.500. The largest absolute Gasteiger partial charge is 0.464 e. The maximum Gasteiger partial charge on any atom is 0.137 e. The Bertz CT molecular complexity index is 532. The fourth-order valence-electron chi connectivity index (χ4n) is 2.08. The van der Waals surface area contributed by atoms with Crippen LogP contribution in [0.25, 0.3) is 11.0 Å². The van der Waals surface area contributed by atoms with Crippen molar-refractivity contribution in [2.45, 2.75) is 52.6 Å². The molecule has 0 bridgehead atoms. The van der Waals surface area contributed by atoms with Crippen LogP contribution in [0.2, 0.25) is 0 Å². The van der Waals surface area contributed by atoms with Crippen LogP contribution >= 0.6 is 0 Å². The summed E-state index contributed by atoms with van der Waals surface area (Å²) in [7, 11) is 0. The predicted octanol–water partition coefficient (Wildman–Crippen LogP) is 4.44. The predicted molar refractivity (Wildman–Crippen MR) is 76.9 cm³/mol. The van der Waals surface area contributed by atoms with Crippen LogP contribution in [-0.4, -0.2) is 5.54 Å². The van der Waals surface area contributed by atoms with Crippen molar-refractivity contribution in [2.75, 3.05) is 0 Å². The summed E-state index contributed by atoms with van der Waals surface area (Å²) in [5, 5.41) is 4.74. The molecule has 2 rings (SSSR count). The number of para-hydroxylation sites is 1. The van der Waals surface area contributed by atoms with E-state index in [4.69, 9.17) is 4.42 Å². The van der Waals surface area contributed by atoms with E-state index in [0.717, 1.165) is 12.1 Å². The van der Waals surface area contributed by atoms with E-state index in [1.54, 1.807) is 0 Å². The van der Waals surface area contributed by atoms with Gasteiger partial charge in [0.15, 0.2) is 0 Å². The molecule has 0 saturated heterocycles. The van der Waals surface area contributed by atoms with Crippen molar-refractivity contribution in [3.8, 4) is 0 Å². The van der Waals surface area contributed by atoms with E-state index in [2.05, 4.69) is 58.1 Å². The van der Waals surface area contributed by atoms with E-state index in [1.807, 2.05) is 6.26 Å². The quantitative estimate of drug-likeness (QED) is 0.864. The van der Waals surface area contributed by atoms with Crippen LogP contribution in [0.4, 0.5) is 0 Å². The molecular formula is C16H23NO. The fourth-order valence-corrected chi connectivity index (χ4v) is 2.08. The van der Waals surface area contributed by atoms with Crippen molar-refractivity contribution < 1.29 is 4.42 Å². The van der Waals surface area contributed by atoms with Gasteiger partial charge in [-0.05, 0) is 32.3 Å². The van der Waals surface area contributed by atoms with Crippen LogP contribution in [0.3, 0.4) is 0 Å². The lowest BCUT2D eigenvalue weighted by Gasteiger charge is -2.20. The van der Waals surface area contributed by atoms with Gasteiger partial charge in [0.05, 0.1) is 6.26 Å². The number of fused-ring (bicyclic) bond motifs is 1. The molecule has 0 aliphatic heterocycles. The van der Waals surface area contributed by atoms with Crippen LogP contribution in [0.15, 0.2) is 28.9 Å². The van der Waals surface area contributed by atoms with E-state index >= 15 is 0 Å². The van der Waals surface area contributed by atoms with Gasteiger partial charge in [-0.25, -0.2) is 0 Å². The normalized spacial score (nSPS) is 12.6. The summed E-state index contributed by atoms with van der Waals surface area (Å²) in [6.45, 7) is 11.8. The molecule has 0 amide bonds. The Morgan fingerprint density at radius 1 is 1.22 bits per heavy atom. The molecule has 1 aromatic carbocycles. The first kappa shape index (κ1) is 13.2. The van der Waals surface area contributed by atoms with E-state index in [9.17, 15) is 0 Å². The summed E-state index contributed by atoms with van der Waals surface area (Å²) >= 11 is 0. The third-order valence-corrected chi connectivity index (χ3v) is 3.14. The van der Waals surface area contributed by atoms with E-state index < -0.39 is 0 Å². The highest BCUT2D eigenvalue weighted by atomic mass is 16.3. The van der Waals surface area contributed by atoms with Crippen LogP contribution in [0.1, 0.15) is 51.7 Å². The van der Waals surface area contributed by atoms with Gasteiger partial charge < -0.3 is 9.73 Å². The molecule has 0 aliphatic rings. The Hall–Kier alpha value is -1.28. The molecule has 1 heterocycles. The monoisotopic (exact) mass is 245 g/mol. The Labute approximate surface area is 109 Å². The van der Waals surface area contributed by atoms with Gasteiger partial charge in [-0.1, -0.05) is 32.0 Å². The molecule has 1 aromatic heterocycles. The van der Waals surface area contributed by atoms with Gasteiger partial charge in [-0.2, -0.15) is 0 Å². The van der Waals surface area contributed by atoms with Gasteiger partial charge >= 0.3 is 0 Å². The Balaban J connectivity index is 2.34. The molecule has 0 atom stereocenters. The van der Waals surface area contributed by atoms with Crippen molar-refractivity contribution >= 4 is 11.0 Å². The average Bonchev–Trinajstić information content (AvgIpc) is 2.68. The maximum absolute atomic E-state index is 5.77. The summed E-state index contributed by atoms with van der Waals surface area (Å²) in [6, 6.07) is 6.41. The smallest absolute Gasteiger partial charge is 0.137 e. The molecule has 0 aliphatic carbocycles.